The van der Waals surface area contributed by atoms with E-state index in [1.165, 1.54) is 17.5 Å². The maximum absolute atomic E-state index is 13.2. The minimum absolute atomic E-state index is 0.419. The van der Waals surface area contributed by atoms with E-state index in [0.717, 1.165) is 36.3 Å². The van der Waals surface area contributed by atoms with Crippen LogP contribution >= 0.6 is 0 Å². The predicted molar refractivity (Wildman–Crippen MR) is 119 cm³/mol. The molecule has 8 heteroatoms. The molecule has 1 aliphatic heterocycles. The number of benzene rings is 1. The largest absolute Gasteiger partial charge is 0.352 e. The maximum atomic E-state index is 13.2. The first-order valence-electron chi connectivity index (χ1n) is 10.7. The van der Waals surface area contributed by atoms with E-state index in [2.05, 4.69) is 20.1 Å². The van der Waals surface area contributed by atoms with Crippen LogP contribution < -0.4 is 4.90 Å². The van der Waals surface area contributed by atoms with Gasteiger partial charge in [0.1, 0.15) is 0 Å². The Morgan fingerprint density at radius 1 is 0.839 bits per heavy atom. The number of sulfonamides is 1. The number of hydrogen-bond acceptors (Lipinski definition) is 6. The molecule has 0 bridgehead atoms. The van der Waals surface area contributed by atoms with Crippen molar-refractivity contribution in [3.05, 3.63) is 66.0 Å². The van der Waals surface area contributed by atoms with Gasteiger partial charge >= 0.3 is 0 Å². The monoisotopic (exact) mass is 435 g/mol. The number of hydrogen-bond donors (Lipinski definition) is 0. The second-order valence-electron chi connectivity index (χ2n) is 8.05. The minimum Gasteiger partial charge on any atom is -0.352 e. The van der Waals surface area contributed by atoms with Gasteiger partial charge in [0.05, 0.1) is 10.6 Å². The van der Waals surface area contributed by atoms with Crippen LogP contribution in [0, 0.1) is 0 Å². The van der Waals surface area contributed by atoms with Crippen molar-refractivity contribution in [2.75, 3.05) is 31.1 Å². The Hall–Kier alpha value is -2.84. The molecule has 0 radical (unpaired) electrons. The van der Waals surface area contributed by atoms with E-state index in [9.17, 15) is 8.42 Å². The summed E-state index contributed by atoms with van der Waals surface area (Å²) in [6.45, 7) is 2.05. The van der Waals surface area contributed by atoms with Crippen LogP contribution in [0.2, 0.25) is 0 Å². The average molecular weight is 436 g/mol. The van der Waals surface area contributed by atoms with Gasteiger partial charge in [-0.25, -0.2) is 8.42 Å². The van der Waals surface area contributed by atoms with Gasteiger partial charge in [0.15, 0.2) is 5.82 Å². The average Bonchev–Trinajstić information content (AvgIpc) is 2.84. The van der Waals surface area contributed by atoms with Gasteiger partial charge in [-0.3, -0.25) is 4.98 Å². The quantitative estimate of drug-likeness (QED) is 0.627. The molecule has 1 fully saturated rings. The zero-order valence-corrected chi connectivity index (χ0v) is 18.1. The molecule has 0 amide bonds. The lowest BCUT2D eigenvalue weighted by molar-refractivity contribution is 0.383. The van der Waals surface area contributed by atoms with Crippen molar-refractivity contribution in [1.82, 2.24) is 19.5 Å². The van der Waals surface area contributed by atoms with Crippen molar-refractivity contribution < 1.29 is 8.42 Å². The fourth-order valence-corrected chi connectivity index (χ4v) is 5.81. The van der Waals surface area contributed by atoms with Crippen molar-refractivity contribution in [2.24, 2.45) is 0 Å². The molecular weight excluding hydrogens is 410 g/mol. The van der Waals surface area contributed by atoms with Crippen molar-refractivity contribution >= 4 is 15.8 Å². The smallest absolute Gasteiger partial charge is 0.243 e. The molecule has 31 heavy (non-hydrogen) atoms. The first kappa shape index (κ1) is 20.1. The van der Waals surface area contributed by atoms with Crippen LogP contribution in [0.15, 0.2) is 59.8 Å². The summed E-state index contributed by atoms with van der Waals surface area (Å²) in [5.74, 6) is 0.762. The van der Waals surface area contributed by atoms with Gasteiger partial charge in [-0.15, -0.1) is 10.2 Å². The molecular formula is C23H25N5O2S. The Morgan fingerprint density at radius 2 is 1.65 bits per heavy atom. The number of aryl methyl sites for hydroxylation is 2. The number of anilines is 1. The van der Waals surface area contributed by atoms with E-state index < -0.39 is 10.0 Å². The molecule has 0 unspecified atom stereocenters. The standard InChI is InChI=1S/C23H25N5O2S/c29-31(30,21-8-7-18-4-1-2-5-19(18)16-21)28-14-12-27(13-15-28)23-10-9-22(25-26-23)20-6-3-11-24-17-20/h3,6-11,16-17H,1-2,4-5,12-15H2. The molecule has 1 aromatic carbocycles. The third kappa shape index (κ3) is 4.05. The molecule has 2 aromatic heterocycles. The molecule has 1 aliphatic carbocycles. The van der Waals surface area contributed by atoms with Crippen LogP contribution in [0.5, 0.6) is 0 Å². The lowest BCUT2D eigenvalue weighted by Gasteiger charge is -2.34. The molecule has 3 aromatic rings. The molecule has 2 aliphatic rings. The maximum Gasteiger partial charge on any atom is 0.243 e. The van der Waals surface area contributed by atoms with E-state index in [1.54, 1.807) is 22.8 Å². The molecule has 5 rings (SSSR count). The van der Waals surface area contributed by atoms with Gasteiger partial charge in [-0.05, 0) is 73.2 Å². The molecule has 7 nitrogen and oxygen atoms in total. The fraction of sp³-hybridized carbons (Fsp3) is 0.348. The third-order valence-corrected chi connectivity index (χ3v) is 8.02. The highest BCUT2D eigenvalue weighted by atomic mass is 32.2. The van der Waals surface area contributed by atoms with E-state index in [1.807, 2.05) is 36.4 Å². The highest BCUT2D eigenvalue weighted by Gasteiger charge is 2.29. The van der Waals surface area contributed by atoms with E-state index in [0.29, 0.717) is 31.1 Å². The van der Waals surface area contributed by atoms with Gasteiger partial charge in [0.2, 0.25) is 10.0 Å². The summed E-state index contributed by atoms with van der Waals surface area (Å²) in [7, 11) is -3.48. The Kier molecular flexibility index (Phi) is 5.41. The molecule has 160 valence electrons. The van der Waals surface area contributed by atoms with Crippen molar-refractivity contribution in [1.29, 1.82) is 0 Å². The summed E-state index contributed by atoms with van der Waals surface area (Å²) in [5, 5.41) is 8.67. The number of piperazine rings is 1. The Balaban J connectivity index is 1.27. The number of aromatic nitrogens is 3. The fourth-order valence-electron chi connectivity index (χ4n) is 4.34. The van der Waals surface area contributed by atoms with Gasteiger partial charge in [0.25, 0.3) is 0 Å². The highest BCUT2D eigenvalue weighted by molar-refractivity contribution is 7.89. The van der Waals surface area contributed by atoms with Crippen LogP contribution in [0.4, 0.5) is 5.82 Å². The Bertz CT molecular complexity index is 1160. The number of rotatable bonds is 4. The highest BCUT2D eigenvalue weighted by Crippen LogP contribution is 2.27. The number of nitrogens with zero attached hydrogens (tertiary/aromatic N) is 5. The topological polar surface area (TPSA) is 79.3 Å². The molecule has 0 spiro atoms. The minimum atomic E-state index is -3.48. The summed E-state index contributed by atoms with van der Waals surface area (Å²) in [6.07, 6.45) is 7.83. The third-order valence-electron chi connectivity index (χ3n) is 6.13. The van der Waals surface area contributed by atoms with Crippen molar-refractivity contribution in [3.8, 4) is 11.3 Å². The zero-order valence-electron chi connectivity index (χ0n) is 17.3. The molecule has 0 N–H and O–H groups in total. The first-order chi connectivity index (χ1) is 15.1. The Morgan fingerprint density at radius 3 is 2.35 bits per heavy atom. The van der Waals surface area contributed by atoms with Crippen LogP contribution in [0.25, 0.3) is 11.3 Å². The number of pyridine rings is 1. The van der Waals surface area contributed by atoms with Gasteiger partial charge in [-0.2, -0.15) is 4.31 Å². The summed E-state index contributed by atoms with van der Waals surface area (Å²) in [6, 6.07) is 13.3. The Labute approximate surface area is 182 Å². The lowest BCUT2D eigenvalue weighted by atomic mass is 9.92. The van der Waals surface area contributed by atoms with E-state index >= 15 is 0 Å². The zero-order chi connectivity index (χ0) is 21.3. The summed E-state index contributed by atoms with van der Waals surface area (Å²) >= 11 is 0. The van der Waals surface area contributed by atoms with Crippen molar-refractivity contribution in [2.45, 2.75) is 30.6 Å². The molecule has 3 heterocycles. The lowest BCUT2D eigenvalue weighted by Crippen LogP contribution is -2.49. The van der Waals surface area contributed by atoms with Crippen LogP contribution in [-0.2, 0) is 22.9 Å². The van der Waals surface area contributed by atoms with Crippen LogP contribution in [0.3, 0.4) is 0 Å². The summed E-state index contributed by atoms with van der Waals surface area (Å²) in [4.78, 5) is 6.61. The second-order valence-corrected chi connectivity index (χ2v) is 9.99. The predicted octanol–water partition coefficient (Wildman–Crippen LogP) is 2.93. The molecule has 0 atom stereocenters. The second kappa shape index (κ2) is 8.36. The van der Waals surface area contributed by atoms with Gasteiger partial charge < -0.3 is 4.90 Å². The van der Waals surface area contributed by atoms with Gasteiger partial charge in [0, 0.05) is 44.1 Å². The normalized spacial score (nSPS) is 17.4. The van der Waals surface area contributed by atoms with E-state index in [4.69, 9.17) is 0 Å². The number of fused-ring (bicyclic) bond motifs is 1. The summed E-state index contributed by atoms with van der Waals surface area (Å²) < 4.78 is 28.0. The first-order valence-corrected chi connectivity index (χ1v) is 12.2. The van der Waals surface area contributed by atoms with Crippen molar-refractivity contribution in [3.63, 3.8) is 0 Å². The SMILES string of the molecule is O=S(=O)(c1ccc2c(c1)CCCC2)N1CCN(c2ccc(-c3cccnc3)nn2)CC1. The van der Waals surface area contributed by atoms with Crippen LogP contribution in [-0.4, -0.2) is 54.1 Å². The van der Waals surface area contributed by atoms with E-state index in [-0.39, 0.29) is 0 Å². The molecule has 0 saturated carbocycles. The molecule has 1 saturated heterocycles. The van der Waals surface area contributed by atoms with Gasteiger partial charge in [-0.1, -0.05) is 6.07 Å². The summed E-state index contributed by atoms with van der Waals surface area (Å²) in [5.41, 5.74) is 4.17. The van der Waals surface area contributed by atoms with Crippen LogP contribution in [0.1, 0.15) is 24.0 Å².